The molecular weight excluding hydrogens is 324 g/mol. The summed E-state index contributed by atoms with van der Waals surface area (Å²) in [6, 6.07) is 13.9. The van der Waals surface area contributed by atoms with Crippen LogP contribution in [0.15, 0.2) is 47.2 Å². The first-order valence-corrected chi connectivity index (χ1v) is 8.79. The van der Waals surface area contributed by atoms with Gasteiger partial charge in [0.05, 0.1) is 30.0 Å². The summed E-state index contributed by atoms with van der Waals surface area (Å²) in [5, 5.41) is 29.5. The van der Waals surface area contributed by atoms with Crippen molar-refractivity contribution in [3.63, 3.8) is 0 Å². The Bertz CT molecular complexity index is 876. The van der Waals surface area contributed by atoms with Gasteiger partial charge in [0.15, 0.2) is 5.41 Å². The second-order valence-corrected chi connectivity index (χ2v) is 6.61. The van der Waals surface area contributed by atoms with E-state index in [0.717, 1.165) is 36.1 Å². The first kappa shape index (κ1) is 17.6. The van der Waals surface area contributed by atoms with Crippen LogP contribution in [0.5, 0.6) is 5.75 Å². The summed E-state index contributed by atoms with van der Waals surface area (Å²) in [6.45, 7) is 2.49. The van der Waals surface area contributed by atoms with E-state index in [-0.39, 0.29) is 11.6 Å². The van der Waals surface area contributed by atoms with Crippen LogP contribution in [-0.4, -0.2) is 6.61 Å². The number of allylic oxidation sites excluding steroid dienone is 4. The van der Waals surface area contributed by atoms with Crippen molar-refractivity contribution in [3.8, 4) is 24.0 Å². The molecule has 0 saturated carbocycles. The largest absolute Gasteiger partial charge is 0.494 e. The number of hydrogen-bond donors (Lipinski definition) is 1. The van der Waals surface area contributed by atoms with Gasteiger partial charge in [0.25, 0.3) is 0 Å². The van der Waals surface area contributed by atoms with Crippen LogP contribution in [0.25, 0.3) is 0 Å². The van der Waals surface area contributed by atoms with Crippen molar-refractivity contribution >= 4 is 0 Å². The van der Waals surface area contributed by atoms with Gasteiger partial charge in [-0.25, -0.2) is 0 Å². The Hall–Kier alpha value is -3.23. The predicted octanol–water partition coefficient (Wildman–Crippen LogP) is 3.68. The van der Waals surface area contributed by atoms with E-state index >= 15 is 0 Å². The van der Waals surface area contributed by atoms with Crippen LogP contribution in [0.3, 0.4) is 0 Å². The van der Waals surface area contributed by atoms with E-state index in [1.165, 1.54) is 0 Å². The van der Waals surface area contributed by atoms with E-state index in [4.69, 9.17) is 10.5 Å². The Labute approximate surface area is 153 Å². The number of nitriles is 3. The third kappa shape index (κ3) is 2.52. The summed E-state index contributed by atoms with van der Waals surface area (Å²) in [4.78, 5) is 0. The maximum absolute atomic E-state index is 9.95. The average Bonchev–Trinajstić information content (AvgIpc) is 2.68. The number of ether oxygens (including phenoxy) is 1. The average molecular weight is 344 g/mol. The number of hydrogen-bond acceptors (Lipinski definition) is 5. The minimum absolute atomic E-state index is 0.0667. The van der Waals surface area contributed by atoms with Crippen LogP contribution in [-0.2, 0) is 0 Å². The van der Waals surface area contributed by atoms with Gasteiger partial charge in [-0.3, -0.25) is 0 Å². The Morgan fingerprint density at radius 2 is 1.88 bits per heavy atom. The molecule has 1 aromatic carbocycles. The number of benzene rings is 1. The zero-order valence-corrected chi connectivity index (χ0v) is 14.7. The van der Waals surface area contributed by atoms with Gasteiger partial charge >= 0.3 is 0 Å². The lowest BCUT2D eigenvalue weighted by atomic mass is 9.57. The lowest BCUT2D eigenvalue weighted by molar-refractivity contribution is 0.316. The van der Waals surface area contributed by atoms with Crippen molar-refractivity contribution in [2.45, 2.75) is 32.1 Å². The maximum atomic E-state index is 9.95. The van der Waals surface area contributed by atoms with Crippen molar-refractivity contribution in [1.29, 1.82) is 15.8 Å². The SMILES string of the molecule is CCOc1ccc([C@H]2[C@@H]3CCCC=C3C(C#N)=C(N)C2(C#N)C#N)cc1. The number of rotatable bonds is 3. The molecule has 2 N–H and O–H groups in total. The van der Waals surface area contributed by atoms with Crippen molar-refractivity contribution < 1.29 is 4.74 Å². The smallest absolute Gasteiger partial charge is 0.191 e. The summed E-state index contributed by atoms with van der Waals surface area (Å²) in [5.41, 5.74) is 6.84. The molecule has 0 unspecified atom stereocenters. The molecule has 5 heteroatoms. The second kappa shape index (κ2) is 6.95. The van der Waals surface area contributed by atoms with E-state index in [2.05, 4.69) is 18.2 Å². The summed E-state index contributed by atoms with van der Waals surface area (Å²) in [6.07, 6.45) is 4.72. The maximum Gasteiger partial charge on any atom is 0.191 e. The molecule has 2 aliphatic rings. The molecule has 0 saturated heterocycles. The topological polar surface area (TPSA) is 107 Å². The molecule has 0 spiro atoms. The standard InChI is InChI=1S/C21H20N4O/c1-2-26-15-9-7-14(8-10-15)19-17-6-4-3-5-16(17)18(11-22)20(25)21(19,12-23)13-24/h5,7-10,17,19H,2-4,6,25H2,1H3/t17-,19+/m1/s1. The molecular formula is C21H20N4O. The molecule has 5 nitrogen and oxygen atoms in total. The van der Waals surface area contributed by atoms with Gasteiger partial charge in [0.1, 0.15) is 11.8 Å². The van der Waals surface area contributed by atoms with E-state index in [1.54, 1.807) is 0 Å². The molecule has 0 fully saturated rings. The van der Waals surface area contributed by atoms with E-state index in [1.807, 2.05) is 37.3 Å². The highest BCUT2D eigenvalue weighted by molar-refractivity contribution is 5.59. The first-order valence-electron chi connectivity index (χ1n) is 8.79. The highest BCUT2D eigenvalue weighted by Gasteiger charge is 2.53. The van der Waals surface area contributed by atoms with Crippen LogP contribution in [0.2, 0.25) is 0 Å². The monoisotopic (exact) mass is 344 g/mol. The molecule has 0 amide bonds. The fourth-order valence-corrected chi connectivity index (χ4v) is 4.19. The van der Waals surface area contributed by atoms with Crippen LogP contribution in [0, 0.1) is 45.3 Å². The lowest BCUT2D eigenvalue weighted by Gasteiger charge is -2.43. The minimum Gasteiger partial charge on any atom is -0.494 e. The number of nitrogens with two attached hydrogens (primary N) is 1. The minimum atomic E-state index is -1.54. The molecule has 3 rings (SSSR count). The quantitative estimate of drug-likeness (QED) is 0.900. The molecule has 0 aromatic heterocycles. The van der Waals surface area contributed by atoms with E-state index < -0.39 is 11.3 Å². The highest BCUT2D eigenvalue weighted by Crippen LogP contribution is 2.55. The van der Waals surface area contributed by atoms with Gasteiger partial charge < -0.3 is 10.5 Å². The molecule has 0 aliphatic heterocycles. The zero-order valence-electron chi connectivity index (χ0n) is 14.7. The molecule has 2 atom stereocenters. The van der Waals surface area contributed by atoms with Crippen LogP contribution in [0.4, 0.5) is 0 Å². The van der Waals surface area contributed by atoms with Crippen LogP contribution in [0.1, 0.15) is 37.7 Å². The van der Waals surface area contributed by atoms with Crippen LogP contribution < -0.4 is 10.5 Å². The predicted molar refractivity (Wildman–Crippen MR) is 96.3 cm³/mol. The molecule has 2 aliphatic carbocycles. The van der Waals surface area contributed by atoms with Gasteiger partial charge in [-0.1, -0.05) is 18.2 Å². The van der Waals surface area contributed by atoms with Gasteiger partial charge in [0.2, 0.25) is 0 Å². The van der Waals surface area contributed by atoms with Gasteiger partial charge in [-0.05, 0) is 55.4 Å². The summed E-state index contributed by atoms with van der Waals surface area (Å²) in [7, 11) is 0. The number of nitrogens with zero attached hydrogens (tertiary/aromatic N) is 3. The van der Waals surface area contributed by atoms with Gasteiger partial charge in [-0.2, -0.15) is 15.8 Å². The number of fused-ring (bicyclic) bond motifs is 1. The van der Waals surface area contributed by atoms with Gasteiger partial charge in [-0.15, -0.1) is 0 Å². The van der Waals surface area contributed by atoms with Gasteiger partial charge in [0, 0.05) is 5.92 Å². The second-order valence-electron chi connectivity index (χ2n) is 6.61. The Morgan fingerprint density at radius 3 is 2.46 bits per heavy atom. The Kier molecular flexibility index (Phi) is 4.70. The molecule has 26 heavy (non-hydrogen) atoms. The fourth-order valence-electron chi connectivity index (χ4n) is 4.19. The third-order valence-corrected chi connectivity index (χ3v) is 5.35. The summed E-state index contributed by atoms with van der Waals surface area (Å²) >= 11 is 0. The van der Waals surface area contributed by atoms with Crippen LogP contribution >= 0.6 is 0 Å². The molecule has 0 radical (unpaired) electrons. The fraction of sp³-hybridized carbons (Fsp3) is 0.381. The lowest BCUT2D eigenvalue weighted by Crippen LogP contribution is -2.42. The molecule has 130 valence electrons. The Morgan fingerprint density at radius 1 is 1.19 bits per heavy atom. The van der Waals surface area contributed by atoms with E-state index in [0.29, 0.717) is 12.2 Å². The van der Waals surface area contributed by atoms with Crippen molar-refractivity contribution in [2.24, 2.45) is 17.1 Å². The summed E-state index contributed by atoms with van der Waals surface area (Å²) < 4.78 is 5.50. The zero-order chi connectivity index (χ0) is 18.7. The molecule has 0 heterocycles. The normalized spacial score (nSPS) is 23.7. The van der Waals surface area contributed by atoms with Crippen molar-refractivity contribution in [2.75, 3.05) is 6.61 Å². The third-order valence-electron chi connectivity index (χ3n) is 5.35. The van der Waals surface area contributed by atoms with Crippen molar-refractivity contribution in [1.82, 2.24) is 0 Å². The van der Waals surface area contributed by atoms with E-state index in [9.17, 15) is 15.8 Å². The Balaban J connectivity index is 2.21. The highest BCUT2D eigenvalue weighted by atomic mass is 16.5. The molecule has 0 bridgehead atoms. The molecule has 1 aromatic rings. The first-order chi connectivity index (χ1) is 12.6. The summed E-state index contributed by atoms with van der Waals surface area (Å²) in [5.74, 6) is 0.270. The van der Waals surface area contributed by atoms with Crippen molar-refractivity contribution in [3.05, 3.63) is 52.7 Å².